The second-order valence-corrected chi connectivity index (χ2v) is 14.5. The summed E-state index contributed by atoms with van der Waals surface area (Å²) in [5.74, 6) is -3.21. The van der Waals surface area contributed by atoms with E-state index in [1.807, 2.05) is 35.2 Å². The van der Waals surface area contributed by atoms with Gasteiger partial charge in [-0.1, -0.05) is 77.7 Å². The second kappa shape index (κ2) is 15.5. The van der Waals surface area contributed by atoms with Crippen molar-refractivity contribution < 1.29 is 33.8 Å². The summed E-state index contributed by atoms with van der Waals surface area (Å²) in [5, 5.41) is 12.7. The zero-order chi connectivity index (χ0) is 33.7. The lowest BCUT2D eigenvalue weighted by Gasteiger charge is -2.41. The summed E-state index contributed by atoms with van der Waals surface area (Å²) in [6.45, 7) is 9.74. The summed E-state index contributed by atoms with van der Waals surface area (Å²) in [7, 11) is 0. The first-order valence-corrected chi connectivity index (χ1v) is 17.9. The Kier molecular flexibility index (Phi) is 11.6. The summed E-state index contributed by atoms with van der Waals surface area (Å²) in [4.78, 5) is 59.1. The van der Waals surface area contributed by atoms with Gasteiger partial charge in [-0.25, -0.2) is 0 Å². The number of nitrogens with one attached hydrogen (secondary N) is 1. The zero-order valence-electron chi connectivity index (χ0n) is 27.2. The molecule has 10 nitrogen and oxygen atoms in total. The van der Waals surface area contributed by atoms with E-state index in [-0.39, 0.29) is 48.2 Å². The third kappa shape index (κ3) is 6.94. The van der Waals surface area contributed by atoms with Crippen molar-refractivity contribution >= 4 is 39.6 Å². The molecule has 1 aromatic rings. The van der Waals surface area contributed by atoms with E-state index in [0.717, 1.165) is 32.1 Å². The van der Waals surface area contributed by atoms with Gasteiger partial charge in [-0.15, -0.1) is 13.2 Å². The first-order valence-electron chi connectivity index (χ1n) is 17.0. The van der Waals surface area contributed by atoms with Crippen molar-refractivity contribution in [2.75, 3.05) is 19.7 Å². The number of esters is 1. The summed E-state index contributed by atoms with van der Waals surface area (Å²) in [5.41, 5.74) is -0.526. The van der Waals surface area contributed by atoms with E-state index in [1.54, 1.807) is 24.0 Å². The molecule has 2 bridgehead atoms. The quantitative estimate of drug-likeness (QED) is 0.158. The maximum Gasteiger partial charge on any atom is 0.313 e. The van der Waals surface area contributed by atoms with Gasteiger partial charge < -0.3 is 29.7 Å². The first-order chi connectivity index (χ1) is 22.7. The predicted octanol–water partition coefficient (Wildman–Crippen LogP) is 4.22. The lowest BCUT2D eigenvalue weighted by atomic mass is 9.70. The molecule has 3 saturated heterocycles. The van der Waals surface area contributed by atoms with Gasteiger partial charge in [0.05, 0.1) is 24.0 Å². The molecule has 1 saturated carbocycles. The Labute approximate surface area is 286 Å². The highest BCUT2D eigenvalue weighted by atomic mass is 79.9. The van der Waals surface area contributed by atoms with E-state index in [1.165, 1.54) is 0 Å². The van der Waals surface area contributed by atoms with Crippen LogP contribution < -0.4 is 5.32 Å². The number of aliphatic hydroxyl groups excluding tert-OH is 1. The molecule has 4 aliphatic rings. The molecule has 0 aromatic heterocycles. The number of halogens is 1. The molecule has 256 valence electrons. The van der Waals surface area contributed by atoms with E-state index < -0.39 is 47.7 Å². The number of carbonyl (C=O) groups is 4. The lowest BCUT2D eigenvalue weighted by molar-refractivity contribution is -0.162. The molecule has 8 atom stereocenters. The second-order valence-electron chi connectivity index (χ2n) is 13.3. The van der Waals surface area contributed by atoms with Crippen molar-refractivity contribution in [3.8, 4) is 0 Å². The first kappa shape index (κ1) is 35.3. The number of likely N-dealkylation sites (tertiary alicyclic amines) is 1. The van der Waals surface area contributed by atoms with Crippen LogP contribution in [0.25, 0.3) is 0 Å². The normalized spacial score (nSPS) is 29.6. The van der Waals surface area contributed by atoms with Gasteiger partial charge in [-0.3, -0.25) is 19.2 Å². The fourth-order valence-electron chi connectivity index (χ4n) is 8.21. The third-order valence-corrected chi connectivity index (χ3v) is 11.1. The predicted molar refractivity (Wildman–Crippen MR) is 180 cm³/mol. The molecule has 1 aromatic carbocycles. The molecule has 1 aliphatic carbocycles. The molecule has 1 unspecified atom stereocenters. The van der Waals surface area contributed by atoms with Gasteiger partial charge in [0.1, 0.15) is 17.7 Å². The van der Waals surface area contributed by atoms with Crippen molar-refractivity contribution in [2.24, 2.45) is 11.8 Å². The van der Waals surface area contributed by atoms with Gasteiger partial charge in [-0.05, 0) is 44.6 Å². The minimum absolute atomic E-state index is 0.0356. The zero-order valence-corrected chi connectivity index (χ0v) is 28.8. The largest absolute Gasteiger partial charge is 0.455 e. The summed E-state index contributed by atoms with van der Waals surface area (Å²) >= 11 is 3.74. The fraction of sp³-hybridized carbons (Fsp3) is 0.611. The minimum Gasteiger partial charge on any atom is -0.455 e. The summed E-state index contributed by atoms with van der Waals surface area (Å²) in [6, 6.07) is 7.73. The maximum atomic E-state index is 14.7. The number of allylic oxidation sites excluding steroid dienone is 1. The topological polar surface area (TPSA) is 125 Å². The maximum absolute atomic E-state index is 14.7. The molecule has 3 amide bonds. The van der Waals surface area contributed by atoms with Gasteiger partial charge in [-0.2, -0.15) is 0 Å². The van der Waals surface area contributed by atoms with Crippen LogP contribution in [0, 0.1) is 11.8 Å². The molecule has 11 heteroatoms. The highest BCUT2D eigenvalue weighted by molar-refractivity contribution is 9.09. The molecule has 2 N–H and O–H groups in total. The number of benzene rings is 1. The fourth-order valence-corrected chi connectivity index (χ4v) is 9.15. The SMILES string of the molecule is C=CCCC(=O)N[C@@H](C)[C@H](OC(=O)[C@@H]1[C@H]2O[C@@]3(CC2Br)[C@H](C(=O)N(CC=C)C2CCCCC2)N(CCCO)C(=O)[C@@H]13)c1ccccc1. The highest BCUT2D eigenvalue weighted by Gasteiger charge is 2.77. The Bertz CT molecular complexity index is 1320. The molecule has 1 spiro atoms. The van der Waals surface area contributed by atoms with Crippen LogP contribution in [0.4, 0.5) is 0 Å². The number of carbonyl (C=O) groups excluding carboxylic acids is 4. The standard InChI is InChI=1S/C36H48BrN3O7/c1-4-6-18-27(42)38-23(3)30(24-14-9-7-10-15-24)46-35(45)28-29-33(43)40(20-13-21-41)32(36(29)22-26(37)31(28)47-36)34(44)39(19-5-2)25-16-11-8-12-17-25/h4-5,7,9-10,14-15,23,25-26,28-32,41H,1-2,6,8,11-13,16-22H2,3H3,(H,38,42)/t23-,26?,28-,29+,30-,31-,32-,36+/m0/s1. The van der Waals surface area contributed by atoms with Crippen LogP contribution >= 0.6 is 15.9 Å². The molecular weight excluding hydrogens is 666 g/mol. The number of amides is 3. The van der Waals surface area contributed by atoms with Crippen LogP contribution in [0.3, 0.4) is 0 Å². The van der Waals surface area contributed by atoms with E-state index >= 15 is 0 Å². The molecule has 4 fully saturated rings. The Balaban J connectivity index is 1.46. The van der Waals surface area contributed by atoms with Gasteiger partial charge >= 0.3 is 5.97 Å². The van der Waals surface area contributed by atoms with Crippen LogP contribution in [0.2, 0.25) is 0 Å². The van der Waals surface area contributed by atoms with Crippen LogP contribution in [0.1, 0.15) is 76.4 Å². The van der Waals surface area contributed by atoms with E-state index in [4.69, 9.17) is 9.47 Å². The molecular formula is C36H48BrN3O7. The molecule has 3 aliphatic heterocycles. The van der Waals surface area contributed by atoms with Gasteiger partial charge in [0.25, 0.3) is 0 Å². The number of hydrogen-bond acceptors (Lipinski definition) is 7. The van der Waals surface area contributed by atoms with Crippen molar-refractivity contribution in [1.82, 2.24) is 15.1 Å². The lowest BCUT2D eigenvalue weighted by Crippen LogP contribution is -2.58. The average Bonchev–Trinajstić information content (AvgIpc) is 3.67. The van der Waals surface area contributed by atoms with Gasteiger partial charge in [0.2, 0.25) is 17.7 Å². The van der Waals surface area contributed by atoms with Crippen LogP contribution in [0.5, 0.6) is 0 Å². The van der Waals surface area contributed by atoms with Crippen molar-refractivity contribution in [2.45, 2.75) is 105 Å². The van der Waals surface area contributed by atoms with E-state index in [0.29, 0.717) is 31.4 Å². The monoisotopic (exact) mass is 713 g/mol. The van der Waals surface area contributed by atoms with E-state index in [2.05, 4.69) is 34.4 Å². The molecule has 47 heavy (non-hydrogen) atoms. The van der Waals surface area contributed by atoms with Crippen molar-refractivity contribution in [3.63, 3.8) is 0 Å². The summed E-state index contributed by atoms with van der Waals surface area (Å²) in [6.07, 6.45) is 8.30. The number of alkyl halides is 1. The number of ether oxygens (including phenoxy) is 2. The number of rotatable bonds is 15. The highest BCUT2D eigenvalue weighted by Crippen LogP contribution is 2.60. The van der Waals surface area contributed by atoms with Gasteiger partial charge in [0.15, 0.2) is 0 Å². The number of hydrogen-bond donors (Lipinski definition) is 2. The molecule has 0 radical (unpaired) electrons. The number of nitrogens with zero attached hydrogens (tertiary/aromatic N) is 2. The smallest absolute Gasteiger partial charge is 0.313 e. The Hall–Kier alpha value is -3.02. The average molecular weight is 715 g/mol. The van der Waals surface area contributed by atoms with Crippen molar-refractivity contribution in [1.29, 1.82) is 0 Å². The van der Waals surface area contributed by atoms with Crippen LogP contribution in [-0.2, 0) is 28.7 Å². The van der Waals surface area contributed by atoms with Gasteiger partial charge in [0, 0.05) is 37.0 Å². The van der Waals surface area contributed by atoms with Crippen molar-refractivity contribution in [3.05, 3.63) is 61.2 Å². The number of aliphatic hydroxyl groups is 1. The summed E-state index contributed by atoms with van der Waals surface area (Å²) < 4.78 is 12.9. The third-order valence-electron chi connectivity index (χ3n) is 10.3. The Morgan fingerprint density at radius 3 is 2.57 bits per heavy atom. The van der Waals surface area contributed by atoms with Crippen LogP contribution in [0.15, 0.2) is 55.6 Å². The Morgan fingerprint density at radius 2 is 1.91 bits per heavy atom. The minimum atomic E-state index is -1.23. The van der Waals surface area contributed by atoms with E-state index in [9.17, 15) is 24.3 Å². The number of fused-ring (bicyclic) bond motifs is 1. The Morgan fingerprint density at radius 1 is 1.19 bits per heavy atom. The molecule has 5 rings (SSSR count). The molecule has 3 heterocycles. The van der Waals surface area contributed by atoms with Crippen LogP contribution in [-0.4, -0.2) is 93.0 Å².